The highest BCUT2D eigenvalue weighted by Crippen LogP contribution is 2.35. The van der Waals surface area contributed by atoms with Gasteiger partial charge >= 0.3 is 0 Å². The van der Waals surface area contributed by atoms with Crippen LogP contribution < -0.4 is 10.1 Å². The maximum atomic E-state index is 12.6. The average molecular weight is 423 g/mol. The van der Waals surface area contributed by atoms with Crippen LogP contribution in [-0.2, 0) is 4.79 Å². The van der Waals surface area contributed by atoms with Crippen LogP contribution in [0.15, 0.2) is 64.6 Å². The molecule has 134 valence electrons. The first-order chi connectivity index (χ1) is 13.0. The number of nitriles is 1. The van der Waals surface area contributed by atoms with E-state index in [1.54, 1.807) is 18.2 Å². The van der Waals surface area contributed by atoms with E-state index in [1.807, 2.05) is 42.5 Å². The molecule has 0 atom stereocenters. The molecule has 0 aliphatic rings. The molecule has 0 aromatic heterocycles. The van der Waals surface area contributed by atoms with Crippen molar-refractivity contribution in [2.24, 2.45) is 0 Å². The molecule has 0 bridgehead atoms. The van der Waals surface area contributed by atoms with Crippen LogP contribution in [0.4, 0.5) is 5.69 Å². The van der Waals surface area contributed by atoms with Gasteiger partial charge in [-0.3, -0.25) is 4.79 Å². The van der Waals surface area contributed by atoms with Gasteiger partial charge in [0.15, 0.2) is 11.5 Å². The number of carbonyl (C=O) groups is 1. The van der Waals surface area contributed by atoms with Crippen molar-refractivity contribution in [3.63, 3.8) is 0 Å². The van der Waals surface area contributed by atoms with Gasteiger partial charge in [0.1, 0.15) is 11.6 Å². The van der Waals surface area contributed by atoms with E-state index in [-0.39, 0.29) is 17.1 Å². The number of rotatable bonds is 4. The Morgan fingerprint density at radius 2 is 1.96 bits per heavy atom. The second kappa shape index (κ2) is 7.94. The summed E-state index contributed by atoms with van der Waals surface area (Å²) < 4.78 is 5.50. The second-order valence-electron chi connectivity index (χ2n) is 5.70. The Bertz CT molecular complexity index is 1100. The number of nitrogens with zero attached hydrogens (tertiary/aromatic N) is 1. The Morgan fingerprint density at radius 3 is 2.70 bits per heavy atom. The number of nitrogens with one attached hydrogen (secondary N) is 1. The van der Waals surface area contributed by atoms with E-state index >= 15 is 0 Å². The molecule has 3 aromatic carbocycles. The lowest BCUT2D eigenvalue weighted by Crippen LogP contribution is -2.13. The van der Waals surface area contributed by atoms with Crippen LogP contribution in [-0.4, -0.2) is 18.1 Å². The van der Waals surface area contributed by atoms with Crippen molar-refractivity contribution in [1.82, 2.24) is 0 Å². The first-order valence-electron chi connectivity index (χ1n) is 8.01. The van der Waals surface area contributed by atoms with Gasteiger partial charge in [0.05, 0.1) is 11.6 Å². The molecule has 0 aliphatic carbocycles. The van der Waals surface area contributed by atoms with Crippen molar-refractivity contribution >= 4 is 44.4 Å². The van der Waals surface area contributed by atoms with E-state index in [4.69, 9.17) is 4.74 Å². The molecule has 5 nitrogen and oxygen atoms in total. The van der Waals surface area contributed by atoms with Gasteiger partial charge in [-0.05, 0) is 51.2 Å². The van der Waals surface area contributed by atoms with Crippen molar-refractivity contribution < 1.29 is 14.6 Å². The summed E-state index contributed by atoms with van der Waals surface area (Å²) >= 11 is 3.22. The topological polar surface area (TPSA) is 82.3 Å². The highest BCUT2D eigenvalue weighted by Gasteiger charge is 2.13. The number of methoxy groups -OCH3 is 1. The predicted octanol–water partition coefficient (Wildman–Crippen LogP) is 4.86. The maximum absolute atomic E-state index is 12.6. The van der Waals surface area contributed by atoms with E-state index in [0.717, 1.165) is 10.8 Å². The highest BCUT2D eigenvalue weighted by molar-refractivity contribution is 9.10. The van der Waals surface area contributed by atoms with Gasteiger partial charge in [-0.1, -0.05) is 36.4 Å². The van der Waals surface area contributed by atoms with Gasteiger partial charge in [-0.2, -0.15) is 5.26 Å². The number of phenolic OH excluding ortho intramolecular Hbond substituents is 1. The SMILES string of the molecule is COc1cc(/C=C(\C#N)C(=O)Nc2cccc3ccccc23)cc(Br)c1O. The molecule has 27 heavy (non-hydrogen) atoms. The van der Waals surface area contributed by atoms with Crippen LogP contribution in [0.25, 0.3) is 16.8 Å². The largest absolute Gasteiger partial charge is 0.503 e. The van der Waals surface area contributed by atoms with Crippen molar-refractivity contribution in [3.8, 4) is 17.6 Å². The number of ether oxygens (including phenoxy) is 1. The van der Waals surface area contributed by atoms with E-state index in [9.17, 15) is 15.2 Å². The van der Waals surface area contributed by atoms with Crippen LogP contribution in [0.1, 0.15) is 5.56 Å². The number of phenols is 1. The fraction of sp³-hybridized carbons (Fsp3) is 0.0476. The summed E-state index contributed by atoms with van der Waals surface area (Å²) in [5.74, 6) is -0.326. The Hall–Kier alpha value is -3.30. The first kappa shape index (κ1) is 18.5. The van der Waals surface area contributed by atoms with Crippen molar-refractivity contribution in [3.05, 3.63) is 70.2 Å². The lowest BCUT2D eigenvalue weighted by molar-refractivity contribution is -0.112. The van der Waals surface area contributed by atoms with Crippen molar-refractivity contribution in [2.75, 3.05) is 12.4 Å². The number of carbonyl (C=O) groups excluding carboxylic acids is 1. The zero-order valence-corrected chi connectivity index (χ0v) is 15.9. The molecule has 3 aromatic rings. The lowest BCUT2D eigenvalue weighted by Gasteiger charge is -2.09. The Labute approximate surface area is 164 Å². The molecule has 2 N–H and O–H groups in total. The smallest absolute Gasteiger partial charge is 0.266 e. The molecule has 6 heteroatoms. The highest BCUT2D eigenvalue weighted by atomic mass is 79.9. The zero-order chi connectivity index (χ0) is 19.4. The predicted molar refractivity (Wildman–Crippen MR) is 109 cm³/mol. The Kier molecular flexibility index (Phi) is 5.43. The van der Waals surface area contributed by atoms with E-state index in [1.165, 1.54) is 13.2 Å². The minimum atomic E-state index is -0.517. The van der Waals surface area contributed by atoms with Gasteiger partial charge in [0.25, 0.3) is 5.91 Å². The number of benzene rings is 3. The molecule has 1 amide bonds. The molecular weight excluding hydrogens is 408 g/mol. The molecule has 0 aliphatic heterocycles. The molecule has 0 saturated heterocycles. The molecule has 0 radical (unpaired) electrons. The third-order valence-corrected chi connectivity index (χ3v) is 4.59. The van der Waals surface area contributed by atoms with Crippen LogP contribution in [0.5, 0.6) is 11.5 Å². The standard InChI is InChI=1S/C21H15BrN2O3/c1-27-19-11-13(10-17(22)20(19)25)9-15(12-23)21(26)24-18-8-4-6-14-5-2-3-7-16(14)18/h2-11,25H,1H3,(H,24,26)/b15-9+. The monoisotopic (exact) mass is 422 g/mol. The van der Waals surface area contributed by atoms with Gasteiger partial charge in [-0.15, -0.1) is 0 Å². The van der Waals surface area contributed by atoms with Crippen LogP contribution in [0, 0.1) is 11.3 Å². The number of halogens is 1. The molecule has 0 heterocycles. The molecule has 3 rings (SSSR count). The van der Waals surface area contributed by atoms with Crippen LogP contribution in [0.3, 0.4) is 0 Å². The lowest BCUT2D eigenvalue weighted by atomic mass is 10.1. The fourth-order valence-electron chi connectivity index (χ4n) is 2.67. The number of fused-ring (bicyclic) bond motifs is 1. The van der Waals surface area contributed by atoms with Crippen LogP contribution in [0.2, 0.25) is 0 Å². The molecule has 0 fully saturated rings. The van der Waals surface area contributed by atoms with Gasteiger partial charge in [0, 0.05) is 11.1 Å². The van der Waals surface area contributed by atoms with E-state index < -0.39 is 5.91 Å². The molecule has 0 saturated carbocycles. The number of amides is 1. The summed E-state index contributed by atoms with van der Waals surface area (Å²) in [7, 11) is 1.42. The van der Waals surface area contributed by atoms with Crippen molar-refractivity contribution in [1.29, 1.82) is 5.26 Å². The van der Waals surface area contributed by atoms with Gasteiger partial charge in [0.2, 0.25) is 0 Å². The maximum Gasteiger partial charge on any atom is 0.266 e. The number of hydrogen-bond acceptors (Lipinski definition) is 4. The van der Waals surface area contributed by atoms with Crippen LogP contribution >= 0.6 is 15.9 Å². The summed E-state index contributed by atoms with van der Waals surface area (Å²) in [6.45, 7) is 0. The molecule has 0 unspecified atom stereocenters. The summed E-state index contributed by atoms with van der Waals surface area (Å²) in [5.41, 5.74) is 1.10. The average Bonchev–Trinajstić information content (AvgIpc) is 2.68. The van der Waals surface area contributed by atoms with E-state index in [2.05, 4.69) is 21.2 Å². The summed E-state index contributed by atoms with van der Waals surface area (Å²) in [6.07, 6.45) is 1.44. The Morgan fingerprint density at radius 1 is 1.22 bits per heavy atom. The fourth-order valence-corrected chi connectivity index (χ4v) is 3.13. The van der Waals surface area contributed by atoms with Gasteiger partial charge in [-0.25, -0.2) is 0 Å². The third-order valence-electron chi connectivity index (χ3n) is 3.98. The molecular formula is C21H15BrN2O3. The van der Waals surface area contributed by atoms with Gasteiger partial charge < -0.3 is 15.2 Å². The number of aromatic hydroxyl groups is 1. The molecule has 0 spiro atoms. The second-order valence-corrected chi connectivity index (χ2v) is 6.56. The normalized spacial score (nSPS) is 11.1. The zero-order valence-electron chi connectivity index (χ0n) is 14.4. The quantitative estimate of drug-likeness (QED) is 0.464. The summed E-state index contributed by atoms with van der Waals surface area (Å²) in [6, 6.07) is 18.3. The summed E-state index contributed by atoms with van der Waals surface area (Å²) in [4.78, 5) is 12.6. The summed E-state index contributed by atoms with van der Waals surface area (Å²) in [5, 5.41) is 24.0. The number of anilines is 1. The van der Waals surface area contributed by atoms with E-state index in [0.29, 0.717) is 15.7 Å². The minimum absolute atomic E-state index is 0.0478. The van der Waals surface area contributed by atoms with Crippen molar-refractivity contribution in [2.45, 2.75) is 0 Å². The minimum Gasteiger partial charge on any atom is -0.503 e. The third kappa shape index (κ3) is 3.94. The first-order valence-corrected chi connectivity index (χ1v) is 8.80. The number of hydrogen-bond donors (Lipinski definition) is 2. The Balaban J connectivity index is 1.94.